The number of nitrogens with zero attached hydrogens (tertiary/aromatic N) is 1. The zero-order valence-electron chi connectivity index (χ0n) is 14.3. The van der Waals surface area contributed by atoms with E-state index in [1.807, 2.05) is 11.0 Å². The molecule has 1 amide bonds. The Hall–Kier alpha value is -2.09. The highest BCUT2D eigenvalue weighted by Gasteiger charge is 2.42. The van der Waals surface area contributed by atoms with Crippen LogP contribution in [0.15, 0.2) is 42.5 Å². The molecule has 0 N–H and O–H groups in total. The van der Waals surface area contributed by atoms with Gasteiger partial charge in [-0.05, 0) is 50.3 Å². The van der Waals surface area contributed by atoms with Crippen molar-refractivity contribution in [3.8, 4) is 0 Å². The SMILES string of the molecule is Cc1cc(C)c(N(C=O)C2(c3ccccc3)CCCC2)c(C)c1. The minimum atomic E-state index is -0.201. The van der Waals surface area contributed by atoms with Crippen LogP contribution in [0, 0.1) is 20.8 Å². The Morgan fingerprint density at radius 1 is 0.957 bits per heavy atom. The Labute approximate surface area is 139 Å². The van der Waals surface area contributed by atoms with Gasteiger partial charge in [0.2, 0.25) is 6.41 Å². The molecule has 1 saturated carbocycles. The molecule has 0 atom stereocenters. The van der Waals surface area contributed by atoms with Crippen LogP contribution in [-0.4, -0.2) is 6.41 Å². The summed E-state index contributed by atoms with van der Waals surface area (Å²) in [6, 6.07) is 14.9. The van der Waals surface area contributed by atoms with Crippen LogP contribution < -0.4 is 4.90 Å². The van der Waals surface area contributed by atoms with Crippen molar-refractivity contribution in [1.82, 2.24) is 0 Å². The molecule has 0 aliphatic heterocycles. The average molecular weight is 307 g/mol. The Kier molecular flexibility index (Phi) is 4.25. The lowest BCUT2D eigenvalue weighted by Gasteiger charge is -2.41. The van der Waals surface area contributed by atoms with Crippen molar-refractivity contribution in [2.75, 3.05) is 4.90 Å². The van der Waals surface area contributed by atoms with E-state index in [0.29, 0.717) is 0 Å². The second-order valence-corrected chi connectivity index (χ2v) is 6.83. The molecule has 2 aromatic carbocycles. The molecule has 3 rings (SSSR count). The standard InChI is InChI=1S/C21H25NO/c1-16-13-17(2)20(18(3)14-16)22(15-23)21(11-7-8-12-21)19-9-5-4-6-10-19/h4-6,9-10,13-15H,7-8,11-12H2,1-3H3. The van der Waals surface area contributed by atoms with Crippen molar-refractivity contribution in [3.05, 3.63) is 64.7 Å². The van der Waals surface area contributed by atoms with Crippen molar-refractivity contribution in [1.29, 1.82) is 0 Å². The van der Waals surface area contributed by atoms with Gasteiger partial charge in [0.1, 0.15) is 0 Å². The third-order valence-electron chi connectivity index (χ3n) is 5.18. The molecule has 1 fully saturated rings. The molecule has 0 radical (unpaired) electrons. The zero-order chi connectivity index (χ0) is 16.4. The van der Waals surface area contributed by atoms with E-state index >= 15 is 0 Å². The predicted octanol–water partition coefficient (Wildman–Crippen LogP) is 5.04. The van der Waals surface area contributed by atoms with Gasteiger partial charge in [0.15, 0.2) is 0 Å². The molecule has 120 valence electrons. The molecule has 23 heavy (non-hydrogen) atoms. The molecule has 2 heteroatoms. The summed E-state index contributed by atoms with van der Waals surface area (Å²) in [4.78, 5) is 14.2. The van der Waals surface area contributed by atoms with Gasteiger partial charge in [-0.3, -0.25) is 4.79 Å². The van der Waals surface area contributed by atoms with Gasteiger partial charge in [0.05, 0.1) is 11.2 Å². The highest BCUT2D eigenvalue weighted by Crippen LogP contribution is 2.46. The maximum Gasteiger partial charge on any atom is 0.214 e. The summed E-state index contributed by atoms with van der Waals surface area (Å²) >= 11 is 0. The number of benzene rings is 2. The molecule has 2 aromatic rings. The largest absolute Gasteiger partial charge is 0.304 e. The first-order chi connectivity index (χ1) is 11.1. The third kappa shape index (κ3) is 2.67. The van der Waals surface area contributed by atoms with Gasteiger partial charge in [-0.2, -0.15) is 0 Å². The average Bonchev–Trinajstić information content (AvgIpc) is 3.02. The normalized spacial score (nSPS) is 16.3. The molecule has 0 unspecified atom stereocenters. The highest BCUT2D eigenvalue weighted by molar-refractivity contribution is 5.82. The van der Waals surface area contributed by atoms with Crippen LogP contribution in [0.3, 0.4) is 0 Å². The van der Waals surface area contributed by atoms with Crippen LogP contribution in [0.5, 0.6) is 0 Å². The van der Waals surface area contributed by atoms with Crippen LogP contribution in [0.25, 0.3) is 0 Å². The van der Waals surface area contributed by atoms with Crippen LogP contribution in [-0.2, 0) is 10.3 Å². The summed E-state index contributed by atoms with van der Waals surface area (Å²) in [5.74, 6) is 0. The monoisotopic (exact) mass is 307 g/mol. The summed E-state index contributed by atoms with van der Waals surface area (Å²) in [6.07, 6.45) is 5.44. The topological polar surface area (TPSA) is 20.3 Å². The molecule has 1 aliphatic rings. The van der Waals surface area contributed by atoms with Gasteiger partial charge in [-0.1, -0.05) is 60.9 Å². The maximum atomic E-state index is 12.2. The second kappa shape index (κ2) is 6.19. The Balaban J connectivity index is 2.17. The van der Waals surface area contributed by atoms with E-state index in [0.717, 1.165) is 24.9 Å². The summed E-state index contributed by atoms with van der Waals surface area (Å²) in [5.41, 5.74) is 5.73. The number of hydrogen-bond donors (Lipinski definition) is 0. The third-order valence-corrected chi connectivity index (χ3v) is 5.18. The van der Waals surface area contributed by atoms with Crippen LogP contribution in [0.1, 0.15) is 47.9 Å². The molecule has 1 aliphatic carbocycles. The minimum Gasteiger partial charge on any atom is -0.304 e. The molecule has 0 aromatic heterocycles. The summed E-state index contributed by atoms with van der Waals surface area (Å²) in [6.45, 7) is 6.33. The maximum absolute atomic E-state index is 12.2. The van der Waals surface area contributed by atoms with E-state index in [4.69, 9.17) is 0 Å². The smallest absolute Gasteiger partial charge is 0.214 e. The van der Waals surface area contributed by atoms with Crippen molar-refractivity contribution >= 4 is 12.1 Å². The van der Waals surface area contributed by atoms with Crippen LogP contribution in [0.2, 0.25) is 0 Å². The number of aryl methyl sites for hydroxylation is 3. The van der Waals surface area contributed by atoms with Crippen molar-refractivity contribution in [2.45, 2.75) is 52.0 Å². The lowest BCUT2D eigenvalue weighted by atomic mass is 9.85. The fraction of sp³-hybridized carbons (Fsp3) is 0.381. The van der Waals surface area contributed by atoms with Gasteiger partial charge < -0.3 is 4.90 Å². The summed E-state index contributed by atoms with van der Waals surface area (Å²) in [5, 5.41) is 0. The van der Waals surface area contributed by atoms with Gasteiger partial charge in [-0.25, -0.2) is 0 Å². The minimum absolute atomic E-state index is 0.201. The van der Waals surface area contributed by atoms with E-state index in [9.17, 15) is 4.79 Å². The van der Waals surface area contributed by atoms with E-state index in [1.165, 1.54) is 35.1 Å². The van der Waals surface area contributed by atoms with Gasteiger partial charge in [-0.15, -0.1) is 0 Å². The first-order valence-electron chi connectivity index (χ1n) is 8.46. The van der Waals surface area contributed by atoms with E-state index < -0.39 is 0 Å². The Morgan fingerprint density at radius 2 is 1.52 bits per heavy atom. The van der Waals surface area contributed by atoms with E-state index in [2.05, 4.69) is 57.2 Å². The fourth-order valence-electron chi connectivity index (χ4n) is 4.30. The number of rotatable bonds is 4. The molecular formula is C21H25NO. The Bertz CT molecular complexity index is 676. The Morgan fingerprint density at radius 3 is 2.04 bits per heavy atom. The molecule has 0 saturated heterocycles. The lowest BCUT2D eigenvalue weighted by molar-refractivity contribution is -0.108. The van der Waals surface area contributed by atoms with Crippen LogP contribution >= 0.6 is 0 Å². The van der Waals surface area contributed by atoms with Crippen molar-refractivity contribution in [2.24, 2.45) is 0 Å². The molecule has 0 heterocycles. The molecule has 0 bridgehead atoms. The fourth-order valence-corrected chi connectivity index (χ4v) is 4.30. The number of hydrogen-bond acceptors (Lipinski definition) is 1. The molecule has 0 spiro atoms. The first-order valence-corrected chi connectivity index (χ1v) is 8.46. The zero-order valence-corrected chi connectivity index (χ0v) is 14.3. The predicted molar refractivity (Wildman–Crippen MR) is 95.8 cm³/mol. The number of carbonyl (C=O) groups is 1. The molecular weight excluding hydrogens is 282 g/mol. The van der Waals surface area contributed by atoms with Gasteiger partial charge in [0, 0.05) is 0 Å². The number of amides is 1. The molecule has 2 nitrogen and oxygen atoms in total. The highest BCUT2D eigenvalue weighted by atomic mass is 16.1. The van der Waals surface area contributed by atoms with Gasteiger partial charge in [0.25, 0.3) is 0 Å². The quantitative estimate of drug-likeness (QED) is 0.724. The van der Waals surface area contributed by atoms with Crippen molar-refractivity contribution in [3.63, 3.8) is 0 Å². The summed E-state index contributed by atoms with van der Waals surface area (Å²) in [7, 11) is 0. The summed E-state index contributed by atoms with van der Waals surface area (Å²) < 4.78 is 0. The number of anilines is 1. The van der Waals surface area contributed by atoms with E-state index in [1.54, 1.807) is 0 Å². The van der Waals surface area contributed by atoms with Crippen LogP contribution in [0.4, 0.5) is 5.69 Å². The lowest BCUT2D eigenvalue weighted by Crippen LogP contribution is -2.44. The first kappa shape index (κ1) is 15.8. The van der Waals surface area contributed by atoms with E-state index in [-0.39, 0.29) is 5.54 Å². The second-order valence-electron chi connectivity index (χ2n) is 6.83. The number of carbonyl (C=O) groups excluding carboxylic acids is 1. The van der Waals surface area contributed by atoms with Gasteiger partial charge >= 0.3 is 0 Å². The van der Waals surface area contributed by atoms with Crippen molar-refractivity contribution < 1.29 is 4.79 Å².